The lowest BCUT2D eigenvalue weighted by atomic mass is 10.0. The molecule has 0 bridgehead atoms. The van der Waals surface area contributed by atoms with E-state index in [1.54, 1.807) is 0 Å². The maximum atomic E-state index is 5.88. The zero-order valence-corrected chi connectivity index (χ0v) is 22.5. The summed E-state index contributed by atoms with van der Waals surface area (Å²) in [4.78, 5) is 6.87. The van der Waals surface area contributed by atoms with E-state index in [2.05, 4.69) is 79.4 Å². The van der Waals surface area contributed by atoms with Gasteiger partial charge in [0, 0.05) is 46.4 Å². The molecule has 7 heteroatoms. The van der Waals surface area contributed by atoms with E-state index in [1.165, 1.54) is 11.1 Å². The number of hydrogen-bond donors (Lipinski definition) is 2. The summed E-state index contributed by atoms with van der Waals surface area (Å²) in [6.07, 6.45) is 1.82. The Morgan fingerprint density at radius 2 is 1.81 bits per heavy atom. The molecular formula is C24H43IN4O2. The van der Waals surface area contributed by atoms with Gasteiger partial charge in [-0.1, -0.05) is 38.1 Å². The Balaban J connectivity index is 0.00000480. The smallest absolute Gasteiger partial charge is 0.191 e. The fourth-order valence-corrected chi connectivity index (χ4v) is 4.09. The van der Waals surface area contributed by atoms with Crippen LogP contribution in [0.2, 0.25) is 0 Å². The summed E-state index contributed by atoms with van der Waals surface area (Å²) < 4.78 is 11.7. The van der Waals surface area contributed by atoms with E-state index in [9.17, 15) is 0 Å². The number of rotatable bonds is 10. The molecule has 0 spiro atoms. The predicted octanol–water partition coefficient (Wildman–Crippen LogP) is 4.03. The van der Waals surface area contributed by atoms with Crippen molar-refractivity contribution in [1.29, 1.82) is 0 Å². The van der Waals surface area contributed by atoms with Gasteiger partial charge < -0.3 is 20.1 Å². The minimum Gasteiger partial charge on any atom is -0.378 e. The van der Waals surface area contributed by atoms with Crippen LogP contribution in [0, 0.1) is 5.92 Å². The molecule has 0 saturated carbocycles. The van der Waals surface area contributed by atoms with Crippen molar-refractivity contribution >= 4 is 29.9 Å². The molecular weight excluding hydrogens is 503 g/mol. The van der Waals surface area contributed by atoms with Gasteiger partial charge in [-0.05, 0) is 44.2 Å². The molecule has 0 radical (unpaired) electrons. The topological polar surface area (TPSA) is 58.1 Å². The van der Waals surface area contributed by atoms with Crippen molar-refractivity contribution in [3.8, 4) is 0 Å². The van der Waals surface area contributed by atoms with Crippen molar-refractivity contribution in [3.63, 3.8) is 0 Å². The Morgan fingerprint density at radius 3 is 2.39 bits per heavy atom. The predicted molar refractivity (Wildman–Crippen MR) is 140 cm³/mol. The lowest BCUT2D eigenvalue weighted by Gasteiger charge is -2.35. The third-order valence-corrected chi connectivity index (χ3v) is 5.52. The van der Waals surface area contributed by atoms with E-state index in [-0.39, 0.29) is 42.3 Å². The standard InChI is InChI=1S/C24H42N4O2.HI/c1-7-29-23(18(2)3)12-13-26-24(25-6)27-14-21-10-8-9-11-22(21)17-28-15-19(4)30-20(5)16-28;/h8-11,18-20,23H,7,12-17H2,1-6H3,(H2,25,26,27);1H. The monoisotopic (exact) mass is 546 g/mol. The number of benzene rings is 1. The number of halogens is 1. The van der Waals surface area contributed by atoms with Crippen LogP contribution in [-0.4, -0.2) is 62.5 Å². The molecule has 1 aliphatic heterocycles. The van der Waals surface area contributed by atoms with E-state index >= 15 is 0 Å². The summed E-state index contributed by atoms with van der Waals surface area (Å²) >= 11 is 0. The summed E-state index contributed by atoms with van der Waals surface area (Å²) in [6.45, 7) is 16.0. The largest absolute Gasteiger partial charge is 0.378 e. The second kappa shape index (κ2) is 15.0. The summed E-state index contributed by atoms with van der Waals surface area (Å²) in [6, 6.07) is 8.66. The number of aliphatic imine (C=N–C) groups is 1. The van der Waals surface area contributed by atoms with Crippen LogP contribution in [0.4, 0.5) is 0 Å². The van der Waals surface area contributed by atoms with Crippen LogP contribution >= 0.6 is 24.0 Å². The van der Waals surface area contributed by atoms with E-state index in [4.69, 9.17) is 9.47 Å². The maximum Gasteiger partial charge on any atom is 0.191 e. The second-order valence-electron chi connectivity index (χ2n) is 8.60. The van der Waals surface area contributed by atoms with Crippen molar-refractivity contribution in [2.75, 3.05) is 33.3 Å². The van der Waals surface area contributed by atoms with Gasteiger partial charge in [-0.3, -0.25) is 9.89 Å². The number of nitrogens with one attached hydrogen (secondary N) is 2. The van der Waals surface area contributed by atoms with Crippen molar-refractivity contribution in [2.45, 2.75) is 72.4 Å². The third-order valence-electron chi connectivity index (χ3n) is 5.52. The second-order valence-corrected chi connectivity index (χ2v) is 8.60. The molecule has 2 rings (SSSR count). The lowest BCUT2D eigenvalue weighted by Crippen LogP contribution is -2.45. The van der Waals surface area contributed by atoms with E-state index in [0.29, 0.717) is 5.92 Å². The Morgan fingerprint density at radius 1 is 1.16 bits per heavy atom. The zero-order chi connectivity index (χ0) is 21.9. The molecule has 2 N–H and O–H groups in total. The molecule has 3 atom stereocenters. The lowest BCUT2D eigenvalue weighted by molar-refractivity contribution is -0.0705. The van der Waals surface area contributed by atoms with Crippen LogP contribution in [0.25, 0.3) is 0 Å². The van der Waals surface area contributed by atoms with Gasteiger partial charge in [0.25, 0.3) is 0 Å². The number of hydrogen-bond acceptors (Lipinski definition) is 4. The normalized spacial score (nSPS) is 20.9. The maximum absolute atomic E-state index is 5.88. The molecule has 1 heterocycles. The minimum absolute atomic E-state index is 0. The average Bonchev–Trinajstić information content (AvgIpc) is 2.69. The number of ether oxygens (including phenoxy) is 2. The van der Waals surface area contributed by atoms with Gasteiger partial charge in [0.15, 0.2) is 5.96 Å². The van der Waals surface area contributed by atoms with E-state index in [0.717, 1.165) is 51.7 Å². The van der Waals surface area contributed by atoms with Gasteiger partial charge in [-0.25, -0.2) is 0 Å². The van der Waals surface area contributed by atoms with Crippen LogP contribution in [0.5, 0.6) is 0 Å². The van der Waals surface area contributed by atoms with Crippen molar-refractivity contribution < 1.29 is 9.47 Å². The van der Waals surface area contributed by atoms with Crippen LogP contribution in [0.1, 0.15) is 52.2 Å². The van der Waals surface area contributed by atoms with Crippen LogP contribution in [0.15, 0.2) is 29.3 Å². The third kappa shape index (κ3) is 10.1. The minimum atomic E-state index is 0. The Labute approximate surface area is 206 Å². The molecule has 3 unspecified atom stereocenters. The molecule has 31 heavy (non-hydrogen) atoms. The molecule has 1 fully saturated rings. The Bertz CT molecular complexity index is 646. The average molecular weight is 547 g/mol. The summed E-state index contributed by atoms with van der Waals surface area (Å²) in [5.41, 5.74) is 2.67. The fraction of sp³-hybridized carbons (Fsp3) is 0.708. The molecule has 1 aliphatic rings. The Hall–Kier alpha value is -0.900. The first-order chi connectivity index (χ1) is 14.4. The first-order valence-corrected chi connectivity index (χ1v) is 11.4. The summed E-state index contributed by atoms with van der Waals surface area (Å²) in [5, 5.41) is 6.90. The molecule has 0 aromatic heterocycles. The fourth-order valence-electron chi connectivity index (χ4n) is 4.09. The van der Waals surface area contributed by atoms with Gasteiger partial charge in [-0.2, -0.15) is 0 Å². The van der Waals surface area contributed by atoms with Crippen LogP contribution in [0.3, 0.4) is 0 Å². The number of guanidine groups is 1. The zero-order valence-electron chi connectivity index (χ0n) is 20.2. The molecule has 1 aromatic rings. The van der Waals surface area contributed by atoms with E-state index in [1.807, 2.05) is 7.05 Å². The number of nitrogens with zero attached hydrogens (tertiary/aromatic N) is 2. The van der Waals surface area contributed by atoms with Crippen molar-refractivity contribution in [3.05, 3.63) is 35.4 Å². The molecule has 178 valence electrons. The molecule has 0 aliphatic carbocycles. The first-order valence-electron chi connectivity index (χ1n) is 11.4. The van der Waals surface area contributed by atoms with Crippen LogP contribution in [-0.2, 0) is 22.6 Å². The number of morpholine rings is 1. The van der Waals surface area contributed by atoms with Gasteiger partial charge in [0.2, 0.25) is 0 Å². The highest BCUT2D eigenvalue weighted by atomic mass is 127. The quantitative estimate of drug-likeness (QED) is 0.264. The van der Waals surface area contributed by atoms with Crippen molar-refractivity contribution in [1.82, 2.24) is 15.5 Å². The highest BCUT2D eigenvalue weighted by Crippen LogP contribution is 2.17. The Kier molecular flexibility index (Phi) is 13.6. The molecule has 1 aromatic carbocycles. The van der Waals surface area contributed by atoms with Gasteiger partial charge in [-0.15, -0.1) is 24.0 Å². The molecule has 6 nitrogen and oxygen atoms in total. The summed E-state index contributed by atoms with van der Waals surface area (Å²) in [5.74, 6) is 1.34. The van der Waals surface area contributed by atoms with Crippen molar-refractivity contribution in [2.24, 2.45) is 10.9 Å². The highest BCUT2D eigenvalue weighted by Gasteiger charge is 2.22. The van der Waals surface area contributed by atoms with Gasteiger partial charge >= 0.3 is 0 Å². The SMILES string of the molecule is CCOC(CCNC(=NC)NCc1ccccc1CN1CC(C)OC(C)C1)C(C)C.I. The summed E-state index contributed by atoms with van der Waals surface area (Å²) in [7, 11) is 1.82. The van der Waals surface area contributed by atoms with E-state index < -0.39 is 0 Å². The highest BCUT2D eigenvalue weighted by molar-refractivity contribution is 14.0. The van der Waals surface area contributed by atoms with Crippen LogP contribution < -0.4 is 10.6 Å². The molecule has 0 amide bonds. The van der Waals surface area contributed by atoms with Gasteiger partial charge in [0.05, 0.1) is 18.3 Å². The first kappa shape index (κ1) is 28.1. The molecule has 1 saturated heterocycles. The van der Waals surface area contributed by atoms with Gasteiger partial charge in [0.1, 0.15) is 0 Å².